The molecule has 0 aromatic heterocycles. The maximum Gasteiger partial charge on any atom is 0.340 e. The number of sulfonamides is 1. The fourth-order valence-electron chi connectivity index (χ4n) is 3.62. The van der Waals surface area contributed by atoms with Gasteiger partial charge in [0.15, 0.2) is 6.61 Å². The van der Waals surface area contributed by atoms with Crippen molar-refractivity contribution in [3.63, 3.8) is 0 Å². The predicted octanol–water partition coefficient (Wildman–Crippen LogP) is 4.68. The second-order valence-electron chi connectivity index (χ2n) is 7.79. The molecule has 4 rings (SSSR count). The lowest BCUT2D eigenvalue weighted by molar-refractivity contribution is -0.135. The number of esters is 1. The van der Waals surface area contributed by atoms with E-state index in [0.29, 0.717) is 19.5 Å². The van der Waals surface area contributed by atoms with Crippen LogP contribution < -0.4 is 4.72 Å². The maximum absolute atomic E-state index is 13.1. The molecule has 0 spiro atoms. The zero-order valence-electron chi connectivity index (χ0n) is 18.1. The Bertz CT molecular complexity index is 1400. The molecule has 0 bridgehead atoms. The number of nitrogens with zero attached hydrogens (tertiary/aromatic N) is 1. The van der Waals surface area contributed by atoms with E-state index in [9.17, 15) is 22.4 Å². The summed E-state index contributed by atoms with van der Waals surface area (Å²) in [6, 6.07) is 14.5. The highest BCUT2D eigenvalue weighted by atomic mass is 35.5. The first-order valence-electron chi connectivity index (χ1n) is 10.4. The summed E-state index contributed by atoms with van der Waals surface area (Å²) in [5.74, 6) is -1.90. The van der Waals surface area contributed by atoms with Crippen LogP contribution in [0.1, 0.15) is 21.5 Å². The van der Waals surface area contributed by atoms with Crippen molar-refractivity contribution in [1.82, 2.24) is 4.90 Å². The molecule has 0 saturated carbocycles. The van der Waals surface area contributed by atoms with E-state index >= 15 is 0 Å². The number of rotatable bonds is 6. The number of amides is 1. The molecule has 7 nitrogen and oxygen atoms in total. The third kappa shape index (κ3) is 5.75. The lowest BCUT2D eigenvalue weighted by atomic mass is 10.00. The van der Waals surface area contributed by atoms with E-state index in [-0.39, 0.29) is 27.2 Å². The van der Waals surface area contributed by atoms with Crippen LogP contribution >= 0.6 is 23.2 Å². The molecule has 0 saturated heterocycles. The number of benzene rings is 3. The third-order valence-corrected chi connectivity index (χ3v) is 7.60. The third-order valence-electron chi connectivity index (χ3n) is 5.44. The Kier molecular flexibility index (Phi) is 7.30. The van der Waals surface area contributed by atoms with Crippen molar-refractivity contribution in [2.24, 2.45) is 0 Å². The van der Waals surface area contributed by atoms with Gasteiger partial charge in [-0.2, -0.15) is 0 Å². The minimum absolute atomic E-state index is 0.0928. The van der Waals surface area contributed by atoms with E-state index in [1.54, 1.807) is 4.90 Å². The first-order valence-corrected chi connectivity index (χ1v) is 12.7. The van der Waals surface area contributed by atoms with Gasteiger partial charge in [0.1, 0.15) is 10.7 Å². The molecule has 1 aliphatic rings. The molecule has 35 heavy (non-hydrogen) atoms. The van der Waals surface area contributed by atoms with Crippen LogP contribution in [-0.2, 0) is 32.5 Å². The molecule has 182 valence electrons. The van der Waals surface area contributed by atoms with Crippen LogP contribution in [0.25, 0.3) is 0 Å². The molecular formula is C24H19Cl2FN2O5S. The number of hydrogen-bond acceptors (Lipinski definition) is 5. The summed E-state index contributed by atoms with van der Waals surface area (Å²) < 4.78 is 46.1. The molecule has 0 radical (unpaired) electrons. The normalized spacial score (nSPS) is 13.2. The average molecular weight is 537 g/mol. The van der Waals surface area contributed by atoms with Gasteiger partial charge in [0.05, 0.1) is 15.6 Å². The van der Waals surface area contributed by atoms with Gasteiger partial charge in [0.25, 0.3) is 15.9 Å². The Morgan fingerprint density at radius 3 is 2.40 bits per heavy atom. The van der Waals surface area contributed by atoms with Crippen LogP contribution in [0.3, 0.4) is 0 Å². The molecule has 11 heteroatoms. The number of anilines is 1. The standard InChI is InChI=1S/C24H19Cl2FN2O5S/c25-20-12-21(26)22(35(32,33)28-18-7-5-17(27)6-8-18)11-19(20)24(31)34-14-23(30)29-10-9-15-3-1-2-4-16(15)13-29/h1-8,11-12,28H,9-10,13-14H2. The topological polar surface area (TPSA) is 92.8 Å². The Hall–Kier alpha value is -3.14. The molecule has 0 aliphatic carbocycles. The summed E-state index contributed by atoms with van der Waals surface area (Å²) >= 11 is 12.2. The number of fused-ring (bicyclic) bond motifs is 1. The summed E-state index contributed by atoms with van der Waals surface area (Å²) in [5.41, 5.74) is 2.02. The van der Waals surface area contributed by atoms with Crippen molar-refractivity contribution in [1.29, 1.82) is 0 Å². The molecular weight excluding hydrogens is 518 g/mol. The van der Waals surface area contributed by atoms with Gasteiger partial charge in [0.2, 0.25) is 0 Å². The second kappa shape index (κ2) is 10.2. The SMILES string of the molecule is O=C(OCC(=O)N1CCc2ccccc2C1)c1cc(S(=O)(=O)Nc2ccc(F)cc2)c(Cl)cc1Cl. The van der Waals surface area contributed by atoms with Crippen molar-refractivity contribution in [3.05, 3.63) is 93.2 Å². The van der Waals surface area contributed by atoms with Crippen LogP contribution in [0.5, 0.6) is 0 Å². The van der Waals surface area contributed by atoms with E-state index in [1.807, 2.05) is 24.3 Å². The van der Waals surface area contributed by atoms with E-state index in [2.05, 4.69) is 4.72 Å². The van der Waals surface area contributed by atoms with Crippen molar-refractivity contribution in [2.75, 3.05) is 17.9 Å². The number of ether oxygens (including phenoxy) is 1. The van der Waals surface area contributed by atoms with Crippen molar-refractivity contribution >= 4 is 50.8 Å². The highest BCUT2D eigenvalue weighted by Gasteiger charge is 2.25. The maximum atomic E-state index is 13.1. The molecule has 3 aromatic rings. The quantitative estimate of drug-likeness (QED) is 0.462. The molecule has 0 unspecified atom stereocenters. The van der Waals surface area contributed by atoms with Crippen LogP contribution in [0.2, 0.25) is 10.0 Å². The summed E-state index contributed by atoms with van der Waals surface area (Å²) in [7, 11) is -4.25. The monoisotopic (exact) mass is 536 g/mol. The number of halogens is 3. The largest absolute Gasteiger partial charge is 0.452 e. The van der Waals surface area contributed by atoms with E-state index < -0.39 is 33.3 Å². The number of nitrogens with one attached hydrogen (secondary N) is 1. The molecule has 1 aliphatic heterocycles. The van der Waals surface area contributed by atoms with Crippen LogP contribution in [0.4, 0.5) is 10.1 Å². The first kappa shape index (κ1) is 25.0. The summed E-state index contributed by atoms with van der Waals surface area (Å²) in [4.78, 5) is 26.4. The number of carbonyl (C=O) groups excluding carboxylic acids is 2. The van der Waals surface area contributed by atoms with E-state index in [0.717, 1.165) is 29.8 Å². The van der Waals surface area contributed by atoms with Crippen LogP contribution in [0, 0.1) is 5.82 Å². The lowest BCUT2D eigenvalue weighted by Crippen LogP contribution is -2.38. The molecule has 3 aromatic carbocycles. The zero-order valence-corrected chi connectivity index (χ0v) is 20.5. The van der Waals surface area contributed by atoms with Crippen molar-refractivity contribution in [2.45, 2.75) is 17.9 Å². The van der Waals surface area contributed by atoms with E-state index in [4.69, 9.17) is 27.9 Å². The molecule has 0 fully saturated rings. The van der Waals surface area contributed by atoms with Gasteiger partial charge in [-0.05, 0) is 53.9 Å². The fraction of sp³-hybridized carbons (Fsp3) is 0.167. The minimum atomic E-state index is -4.25. The van der Waals surface area contributed by atoms with Crippen molar-refractivity contribution < 1.29 is 27.1 Å². The summed E-state index contributed by atoms with van der Waals surface area (Å²) in [6.45, 7) is 0.369. The lowest BCUT2D eigenvalue weighted by Gasteiger charge is -2.28. The second-order valence-corrected chi connectivity index (χ2v) is 10.3. The van der Waals surface area contributed by atoms with Crippen molar-refractivity contribution in [3.8, 4) is 0 Å². The summed E-state index contributed by atoms with van der Waals surface area (Å²) in [5, 5.41) is -0.371. The van der Waals surface area contributed by atoms with Gasteiger partial charge in [-0.15, -0.1) is 0 Å². The van der Waals surface area contributed by atoms with Gasteiger partial charge >= 0.3 is 5.97 Å². The highest BCUT2D eigenvalue weighted by Crippen LogP contribution is 2.30. The smallest absolute Gasteiger partial charge is 0.340 e. The first-order chi connectivity index (χ1) is 16.6. The van der Waals surface area contributed by atoms with Gasteiger partial charge < -0.3 is 9.64 Å². The van der Waals surface area contributed by atoms with Crippen LogP contribution in [-0.4, -0.2) is 38.3 Å². The number of carbonyl (C=O) groups is 2. The summed E-state index contributed by atoms with van der Waals surface area (Å²) in [6.07, 6.45) is 0.696. The molecule has 0 atom stereocenters. The Balaban J connectivity index is 1.46. The Labute approximate surface area is 211 Å². The number of hydrogen-bond donors (Lipinski definition) is 1. The predicted molar refractivity (Wildman–Crippen MR) is 130 cm³/mol. The van der Waals surface area contributed by atoms with Gasteiger partial charge in [-0.1, -0.05) is 47.5 Å². The van der Waals surface area contributed by atoms with Gasteiger partial charge in [-0.25, -0.2) is 17.6 Å². The average Bonchev–Trinajstić information content (AvgIpc) is 2.83. The van der Waals surface area contributed by atoms with E-state index in [1.165, 1.54) is 17.7 Å². The molecule has 1 N–H and O–H groups in total. The fourth-order valence-corrected chi connectivity index (χ4v) is 5.53. The molecule has 1 amide bonds. The van der Waals surface area contributed by atoms with Gasteiger partial charge in [-0.3, -0.25) is 9.52 Å². The minimum Gasteiger partial charge on any atom is -0.452 e. The molecule has 1 heterocycles. The Morgan fingerprint density at radius 2 is 1.69 bits per heavy atom. The van der Waals surface area contributed by atoms with Crippen LogP contribution in [0.15, 0.2) is 65.6 Å². The zero-order chi connectivity index (χ0) is 25.2. The van der Waals surface area contributed by atoms with Gasteiger partial charge in [0, 0.05) is 18.8 Å². The highest BCUT2D eigenvalue weighted by molar-refractivity contribution is 7.92. The Morgan fingerprint density at radius 1 is 1.00 bits per heavy atom.